The van der Waals surface area contributed by atoms with Crippen molar-refractivity contribution >= 4 is 5.91 Å². The third-order valence-corrected chi connectivity index (χ3v) is 3.38. The molecule has 1 heterocycles. The molecule has 86 valence electrons. The molecule has 2 unspecified atom stereocenters. The molecule has 15 heavy (non-hydrogen) atoms. The second-order valence-corrected chi connectivity index (χ2v) is 4.94. The lowest BCUT2D eigenvalue weighted by atomic mass is 10.2. The Labute approximate surface area is 91.4 Å². The fourth-order valence-electron chi connectivity index (χ4n) is 2.09. The highest BCUT2D eigenvalue weighted by molar-refractivity contribution is 5.78. The molecule has 1 aliphatic heterocycles. The Hall–Kier alpha value is -0.610. The van der Waals surface area contributed by atoms with Gasteiger partial charge in [-0.15, -0.1) is 0 Å². The van der Waals surface area contributed by atoms with Crippen molar-refractivity contribution in [3.63, 3.8) is 0 Å². The quantitative estimate of drug-likeness (QED) is 0.685. The summed E-state index contributed by atoms with van der Waals surface area (Å²) in [7, 11) is 2.14. The van der Waals surface area contributed by atoms with Gasteiger partial charge in [0.05, 0.1) is 6.54 Å². The van der Waals surface area contributed by atoms with Gasteiger partial charge in [-0.2, -0.15) is 0 Å². The van der Waals surface area contributed by atoms with Crippen LogP contribution in [0.15, 0.2) is 0 Å². The summed E-state index contributed by atoms with van der Waals surface area (Å²) in [5, 5.41) is 6.31. The van der Waals surface area contributed by atoms with Gasteiger partial charge in [-0.3, -0.25) is 4.79 Å². The summed E-state index contributed by atoms with van der Waals surface area (Å²) < 4.78 is 0. The number of amides is 1. The second-order valence-electron chi connectivity index (χ2n) is 4.94. The van der Waals surface area contributed by atoms with Crippen molar-refractivity contribution in [2.24, 2.45) is 0 Å². The minimum absolute atomic E-state index is 0.153. The Bertz CT molecular complexity index is 230. The van der Waals surface area contributed by atoms with E-state index in [0.717, 1.165) is 25.8 Å². The highest BCUT2D eigenvalue weighted by atomic mass is 16.2. The average molecular weight is 211 g/mol. The molecule has 1 saturated heterocycles. The fourth-order valence-corrected chi connectivity index (χ4v) is 2.09. The molecule has 2 fully saturated rings. The van der Waals surface area contributed by atoms with Crippen LogP contribution >= 0.6 is 0 Å². The van der Waals surface area contributed by atoms with Crippen molar-refractivity contribution in [2.75, 3.05) is 20.1 Å². The summed E-state index contributed by atoms with van der Waals surface area (Å²) in [5.41, 5.74) is 0. The largest absolute Gasteiger partial charge is 0.352 e. The molecule has 0 bridgehead atoms. The molecule has 1 amide bonds. The molecule has 4 nitrogen and oxygen atoms in total. The van der Waals surface area contributed by atoms with Crippen LogP contribution in [0, 0.1) is 0 Å². The number of rotatable bonds is 4. The van der Waals surface area contributed by atoms with E-state index in [4.69, 9.17) is 0 Å². The van der Waals surface area contributed by atoms with Gasteiger partial charge in [-0.05, 0) is 33.2 Å². The molecule has 2 aliphatic rings. The monoisotopic (exact) mass is 211 g/mol. The van der Waals surface area contributed by atoms with E-state index in [1.165, 1.54) is 0 Å². The number of hydrogen-bond donors (Lipinski definition) is 2. The van der Waals surface area contributed by atoms with Crippen molar-refractivity contribution in [2.45, 2.75) is 44.3 Å². The summed E-state index contributed by atoms with van der Waals surface area (Å²) in [6.45, 7) is 3.76. The fraction of sp³-hybridized carbons (Fsp3) is 0.909. The number of nitrogens with one attached hydrogen (secondary N) is 2. The lowest BCUT2D eigenvalue weighted by molar-refractivity contribution is -0.120. The SMILES string of the molecule is CC1CC(NCC(=O)NC2CC2)CN1C. The van der Waals surface area contributed by atoms with Crippen LogP contribution in [0.3, 0.4) is 0 Å². The maximum Gasteiger partial charge on any atom is 0.234 e. The zero-order valence-electron chi connectivity index (χ0n) is 9.62. The average Bonchev–Trinajstić information content (AvgIpc) is 2.92. The maximum atomic E-state index is 11.4. The number of nitrogens with zero attached hydrogens (tertiary/aromatic N) is 1. The number of likely N-dealkylation sites (tertiary alicyclic amines) is 1. The van der Waals surface area contributed by atoms with E-state index in [-0.39, 0.29) is 5.91 Å². The van der Waals surface area contributed by atoms with E-state index < -0.39 is 0 Å². The molecular formula is C11H21N3O. The van der Waals surface area contributed by atoms with Gasteiger partial charge in [0, 0.05) is 24.7 Å². The number of hydrogen-bond acceptors (Lipinski definition) is 3. The first-order valence-electron chi connectivity index (χ1n) is 5.88. The van der Waals surface area contributed by atoms with Gasteiger partial charge in [0.15, 0.2) is 0 Å². The van der Waals surface area contributed by atoms with Crippen LogP contribution < -0.4 is 10.6 Å². The normalized spacial score (nSPS) is 31.9. The molecule has 1 aliphatic carbocycles. The zero-order valence-corrected chi connectivity index (χ0v) is 9.62. The van der Waals surface area contributed by atoms with Crippen molar-refractivity contribution < 1.29 is 4.79 Å². The van der Waals surface area contributed by atoms with Crippen LogP contribution in [0.5, 0.6) is 0 Å². The van der Waals surface area contributed by atoms with Crippen LogP contribution in [0.2, 0.25) is 0 Å². The smallest absolute Gasteiger partial charge is 0.234 e. The van der Waals surface area contributed by atoms with Crippen LogP contribution in [0.25, 0.3) is 0 Å². The Morgan fingerprint density at radius 1 is 1.40 bits per heavy atom. The molecule has 2 rings (SSSR count). The number of carbonyl (C=O) groups excluding carboxylic acids is 1. The predicted molar refractivity (Wildman–Crippen MR) is 59.7 cm³/mol. The molecule has 4 heteroatoms. The Kier molecular flexibility index (Phi) is 3.26. The first kappa shape index (κ1) is 10.9. The van der Waals surface area contributed by atoms with Crippen molar-refractivity contribution in [1.29, 1.82) is 0 Å². The maximum absolute atomic E-state index is 11.4. The number of carbonyl (C=O) groups is 1. The summed E-state index contributed by atoms with van der Waals surface area (Å²) in [6.07, 6.45) is 3.47. The van der Waals surface area contributed by atoms with Crippen LogP contribution in [-0.4, -0.2) is 49.1 Å². The minimum atomic E-state index is 0.153. The van der Waals surface area contributed by atoms with E-state index in [1.807, 2.05) is 0 Å². The van der Waals surface area contributed by atoms with Gasteiger partial charge in [0.1, 0.15) is 0 Å². The van der Waals surface area contributed by atoms with Crippen LogP contribution in [0.4, 0.5) is 0 Å². The van der Waals surface area contributed by atoms with Gasteiger partial charge in [0.25, 0.3) is 0 Å². The van der Waals surface area contributed by atoms with Gasteiger partial charge in [-0.25, -0.2) is 0 Å². The van der Waals surface area contributed by atoms with E-state index in [1.54, 1.807) is 0 Å². The molecule has 0 aromatic carbocycles. The van der Waals surface area contributed by atoms with Gasteiger partial charge >= 0.3 is 0 Å². The van der Waals surface area contributed by atoms with Crippen LogP contribution in [0.1, 0.15) is 26.2 Å². The summed E-state index contributed by atoms with van der Waals surface area (Å²) in [5.74, 6) is 0.153. The van der Waals surface area contributed by atoms with E-state index in [9.17, 15) is 4.79 Å². The lowest BCUT2D eigenvalue weighted by Gasteiger charge is -2.13. The van der Waals surface area contributed by atoms with E-state index in [2.05, 4.69) is 29.5 Å². The van der Waals surface area contributed by atoms with Gasteiger partial charge in [-0.1, -0.05) is 0 Å². The molecule has 0 aromatic rings. The Morgan fingerprint density at radius 2 is 2.13 bits per heavy atom. The summed E-state index contributed by atoms with van der Waals surface area (Å²) >= 11 is 0. The Balaban J connectivity index is 1.62. The van der Waals surface area contributed by atoms with Gasteiger partial charge in [0.2, 0.25) is 5.91 Å². The molecule has 0 spiro atoms. The highest BCUT2D eigenvalue weighted by Crippen LogP contribution is 2.18. The summed E-state index contributed by atoms with van der Waals surface area (Å²) in [6, 6.07) is 1.59. The molecule has 0 radical (unpaired) electrons. The standard InChI is InChI=1S/C11H21N3O/c1-8-5-10(7-14(8)2)12-6-11(15)13-9-3-4-9/h8-10,12H,3-7H2,1-2H3,(H,13,15). The number of likely N-dealkylation sites (N-methyl/N-ethyl adjacent to an activating group) is 1. The first-order valence-corrected chi connectivity index (χ1v) is 5.88. The first-order chi connectivity index (χ1) is 7.15. The highest BCUT2D eigenvalue weighted by Gasteiger charge is 2.27. The predicted octanol–water partition coefficient (Wildman–Crippen LogP) is -0.0528. The molecule has 2 N–H and O–H groups in total. The molecule has 0 aromatic heterocycles. The molecule has 2 atom stereocenters. The van der Waals surface area contributed by atoms with Crippen molar-refractivity contribution in [3.8, 4) is 0 Å². The van der Waals surface area contributed by atoms with Crippen LogP contribution in [-0.2, 0) is 4.79 Å². The van der Waals surface area contributed by atoms with E-state index >= 15 is 0 Å². The molecular weight excluding hydrogens is 190 g/mol. The topological polar surface area (TPSA) is 44.4 Å². The summed E-state index contributed by atoms with van der Waals surface area (Å²) in [4.78, 5) is 13.8. The third-order valence-electron chi connectivity index (χ3n) is 3.38. The third kappa shape index (κ3) is 3.18. The van der Waals surface area contributed by atoms with E-state index in [0.29, 0.717) is 24.7 Å². The van der Waals surface area contributed by atoms with Crippen molar-refractivity contribution in [3.05, 3.63) is 0 Å². The zero-order chi connectivity index (χ0) is 10.8. The Morgan fingerprint density at radius 3 is 2.67 bits per heavy atom. The minimum Gasteiger partial charge on any atom is -0.352 e. The lowest BCUT2D eigenvalue weighted by Crippen LogP contribution is -2.40. The van der Waals surface area contributed by atoms with Gasteiger partial charge < -0.3 is 15.5 Å². The van der Waals surface area contributed by atoms with Crippen molar-refractivity contribution in [1.82, 2.24) is 15.5 Å². The molecule has 1 saturated carbocycles. The second kappa shape index (κ2) is 4.49.